The van der Waals surface area contributed by atoms with Gasteiger partial charge >= 0.3 is 0 Å². The Morgan fingerprint density at radius 1 is 1.11 bits per heavy atom. The van der Waals surface area contributed by atoms with Gasteiger partial charge in [-0.15, -0.1) is 0 Å². The molecule has 2 heterocycles. The summed E-state index contributed by atoms with van der Waals surface area (Å²) in [5, 5.41) is 1.23. The summed E-state index contributed by atoms with van der Waals surface area (Å²) in [5.74, 6) is 0. The lowest BCUT2D eigenvalue weighted by Crippen LogP contribution is -2.29. The van der Waals surface area contributed by atoms with Crippen molar-refractivity contribution in [2.75, 3.05) is 13.1 Å². The minimum atomic E-state index is 0.573. The zero-order chi connectivity index (χ0) is 12.4. The Morgan fingerprint density at radius 3 is 2.72 bits per heavy atom. The highest BCUT2D eigenvalue weighted by atomic mass is 16.3. The van der Waals surface area contributed by atoms with E-state index in [2.05, 4.69) is 11.0 Å². The van der Waals surface area contributed by atoms with E-state index in [0.29, 0.717) is 6.54 Å². The Kier molecular flexibility index (Phi) is 3.35. The summed E-state index contributed by atoms with van der Waals surface area (Å²) in [5.41, 5.74) is 9.26. The summed E-state index contributed by atoms with van der Waals surface area (Å²) in [7, 11) is 0. The van der Waals surface area contributed by atoms with Crippen LogP contribution in [0.3, 0.4) is 0 Å². The maximum atomic E-state index is 5.82. The summed E-state index contributed by atoms with van der Waals surface area (Å²) < 4.78 is 5.65. The fourth-order valence-corrected chi connectivity index (χ4v) is 2.88. The molecule has 0 amide bonds. The second-order valence-corrected chi connectivity index (χ2v) is 5.09. The van der Waals surface area contributed by atoms with Gasteiger partial charge in [0.15, 0.2) is 0 Å². The predicted molar refractivity (Wildman–Crippen MR) is 73.2 cm³/mol. The van der Waals surface area contributed by atoms with Crippen molar-refractivity contribution in [3.8, 4) is 0 Å². The van der Waals surface area contributed by atoms with Crippen LogP contribution in [0.5, 0.6) is 0 Å². The molecule has 1 aliphatic rings. The molecular weight excluding hydrogens is 224 g/mol. The topological polar surface area (TPSA) is 42.4 Å². The molecule has 2 aromatic rings. The molecule has 1 aromatic heterocycles. The van der Waals surface area contributed by atoms with E-state index in [1.165, 1.54) is 48.9 Å². The van der Waals surface area contributed by atoms with Crippen LogP contribution in [0.25, 0.3) is 11.0 Å². The molecule has 2 N–H and O–H groups in total. The maximum Gasteiger partial charge on any atom is 0.134 e. The van der Waals surface area contributed by atoms with Gasteiger partial charge in [0.25, 0.3) is 0 Å². The molecule has 3 rings (SSSR count). The van der Waals surface area contributed by atoms with Gasteiger partial charge in [-0.2, -0.15) is 0 Å². The van der Waals surface area contributed by atoms with Crippen LogP contribution in [-0.4, -0.2) is 18.0 Å². The number of nitrogens with two attached hydrogens (primary N) is 1. The molecule has 0 aliphatic carbocycles. The number of hydrogen-bond acceptors (Lipinski definition) is 3. The first-order valence-electron chi connectivity index (χ1n) is 6.79. The second-order valence-electron chi connectivity index (χ2n) is 5.09. The van der Waals surface area contributed by atoms with Gasteiger partial charge in [-0.3, -0.25) is 4.90 Å². The summed E-state index contributed by atoms with van der Waals surface area (Å²) in [6.07, 6.45) is 5.91. The van der Waals surface area contributed by atoms with Crippen LogP contribution in [0.1, 0.15) is 30.4 Å². The van der Waals surface area contributed by atoms with Gasteiger partial charge in [0, 0.05) is 24.0 Å². The third-order valence-corrected chi connectivity index (χ3v) is 3.82. The van der Waals surface area contributed by atoms with Crippen molar-refractivity contribution in [3.63, 3.8) is 0 Å². The molecule has 1 aromatic carbocycles. The van der Waals surface area contributed by atoms with Crippen LogP contribution in [0.15, 0.2) is 28.9 Å². The van der Waals surface area contributed by atoms with Gasteiger partial charge in [0.05, 0.1) is 6.26 Å². The first-order chi connectivity index (χ1) is 8.88. The average Bonchev–Trinajstić information content (AvgIpc) is 2.83. The van der Waals surface area contributed by atoms with Crippen molar-refractivity contribution in [1.82, 2.24) is 4.90 Å². The number of likely N-dealkylation sites (tertiary alicyclic amines) is 1. The largest absolute Gasteiger partial charge is 0.464 e. The lowest BCUT2D eigenvalue weighted by molar-refractivity contribution is 0.221. The molecule has 0 unspecified atom stereocenters. The number of nitrogens with zero attached hydrogens (tertiary/aromatic N) is 1. The van der Waals surface area contributed by atoms with E-state index in [1.54, 1.807) is 0 Å². The smallest absolute Gasteiger partial charge is 0.134 e. The van der Waals surface area contributed by atoms with Gasteiger partial charge in [-0.25, -0.2) is 0 Å². The van der Waals surface area contributed by atoms with Gasteiger partial charge in [0.1, 0.15) is 5.58 Å². The van der Waals surface area contributed by atoms with Gasteiger partial charge in [-0.05, 0) is 37.6 Å². The molecule has 18 heavy (non-hydrogen) atoms. The SMILES string of the molecule is NCc1cccc2occ(CN3CCCCC3)c12. The molecular formula is C15H20N2O. The quantitative estimate of drug-likeness (QED) is 0.902. The molecule has 3 nitrogen and oxygen atoms in total. The fraction of sp³-hybridized carbons (Fsp3) is 0.467. The number of benzene rings is 1. The number of piperidine rings is 1. The highest BCUT2D eigenvalue weighted by molar-refractivity contribution is 5.84. The van der Waals surface area contributed by atoms with Gasteiger partial charge in [-0.1, -0.05) is 18.6 Å². The summed E-state index contributed by atoms with van der Waals surface area (Å²) in [6.45, 7) is 3.98. The van der Waals surface area contributed by atoms with E-state index in [4.69, 9.17) is 10.2 Å². The normalized spacial score (nSPS) is 17.4. The zero-order valence-corrected chi connectivity index (χ0v) is 10.7. The van der Waals surface area contributed by atoms with E-state index in [0.717, 1.165) is 12.1 Å². The van der Waals surface area contributed by atoms with Crippen molar-refractivity contribution in [2.24, 2.45) is 5.73 Å². The van der Waals surface area contributed by atoms with Crippen molar-refractivity contribution in [2.45, 2.75) is 32.4 Å². The van der Waals surface area contributed by atoms with Crippen LogP contribution in [0.4, 0.5) is 0 Å². The number of fused-ring (bicyclic) bond motifs is 1. The monoisotopic (exact) mass is 244 g/mol. The minimum Gasteiger partial charge on any atom is -0.464 e. The Bertz CT molecular complexity index is 526. The Morgan fingerprint density at radius 2 is 1.94 bits per heavy atom. The highest BCUT2D eigenvalue weighted by Gasteiger charge is 2.15. The minimum absolute atomic E-state index is 0.573. The summed E-state index contributed by atoms with van der Waals surface area (Å²) in [4.78, 5) is 2.51. The Hall–Kier alpha value is -1.32. The van der Waals surface area contributed by atoms with Crippen LogP contribution >= 0.6 is 0 Å². The number of hydrogen-bond donors (Lipinski definition) is 1. The number of furan rings is 1. The van der Waals surface area contributed by atoms with Crippen LogP contribution < -0.4 is 5.73 Å². The van der Waals surface area contributed by atoms with E-state index < -0.39 is 0 Å². The van der Waals surface area contributed by atoms with Crippen LogP contribution in [0, 0.1) is 0 Å². The maximum absolute atomic E-state index is 5.82. The molecule has 0 atom stereocenters. The van der Waals surface area contributed by atoms with Crippen molar-refractivity contribution in [3.05, 3.63) is 35.6 Å². The van der Waals surface area contributed by atoms with Crippen molar-refractivity contribution >= 4 is 11.0 Å². The Balaban J connectivity index is 1.91. The van der Waals surface area contributed by atoms with Crippen molar-refractivity contribution < 1.29 is 4.42 Å². The van der Waals surface area contributed by atoms with E-state index >= 15 is 0 Å². The second kappa shape index (κ2) is 5.12. The molecule has 1 fully saturated rings. The molecule has 0 saturated carbocycles. The van der Waals surface area contributed by atoms with Crippen molar-refractivity contribution in [1.29, 1.82) is 0 Å². The fourth-order valence-electron chi connectivity index (χ4n) is 2.88. The molecule has 0 spiro atoms. The van der Waals surface area contributed by atoms with E-state index in [1.807, 2.05) is 18.4 Å². The van der Waals surface area contributed by atoms with E-state index in [-0.39, 0.29) is 0 Å². The number of rotatable bonds is 3. The third kappa shape index (κ3) is 2.16. The molecule has 0 bridgehead atoms. The lowest BCUT2D eigenvalue weighted by Gasteiger charge is -2.26. The van der Waals surface area contributed by atoms with Gasteiger partial charge in [0.2, 0.25) is 0 Å². The predicted octanol–water partition coefficient (Wildman–Crippen LogP) is 2.88. The standard InChI is InChI=1S/C15H20N2O/c16-9-12-5-4-6-14-15(12)13(11-18-14)10-17-7-2-1-3-8-17/h4-6,11H,1-3,7-10,16H2. The lowest BCUT2D eigenvalue weighted by atomic mass is 10.0. The Labute approximate surface area is 108 Å². The van der Waals surface area contributed by atoms with E-state index in [9.17, 15) is 0 Å². The molecule has 0 radical (unpaired) electrons. The van der Waals surface area contributed by atoms with Crippen LogP contribution in [-0.2, 0) is 13.1 Å². The highest BCUT2D eigenvalue weighted by Crippen LogP contribution is 2.26. The molecule has 96 valence electrons. The first-order valence-corrected chi connectivity index (χ1v) is 6.79. The van der Waals surface area contributed by atoms with Crippen LogP contribution in [0.2, 0.25) is 0 Å². The summed E-state index contributed by atoms with van der Waals surface area (Å²) in [6, 6.07) is 6.13. The first kappa shape index (κ1) is 11.8. The molecule has 1 aliphatic heterocycles. The molecule has 1 saturated heterocycles. The zero-order valence-electron chi connectivity index (χ0n) is 10.7. The summed E-state index contributed by atoms with van der Waals surface area (Å²) >= 11 is 0. The van der Waals surface area contributed by atoms with Gasteiger partial charge < -0.3 is 10.2 Å². The average molecular weight is 244 g/mol. The molecule has 3 heteroatoms. The third-order valence-electron chi connectivity index (χ3n) is 3.82.